The molecule has 0 fully saturated rings. The van der Waals surface area contributed by atoms with Gasteiger partial charge in [0.1, 0.15) is 12.5 Å². The summed E-state index contributed by atoms with van der Waals surface area (Å²) >= 11 is 0. The number of nitrogens with zero attached hydrogens (tertiary/aromatic N) is 2. The van der Waals surface area contributed by atoms with Crippen molar-refractivity contribution < 1.29 is 19.0 Å². The summed E-state index contributed by atoms with van der Waals surface area (Å²) in [6.07, 6.45) is 0.590. The van der Waals surface area contributed by atoms with Gasteiger partial charge in [0.05, 0.1) is 13.2 Å². The number of esters is 1. The van der Waals surface area contributed by atoms with Crippen molar-refractivity contribution in [1.29, 1.82) is 0 Å². The second-order valence-corrected chi connectivity index (χ2v) is 8.22. The third kappa shape index (κ3) is 7.54. The number of benzene rings is 2. The van der Waals surface area contributed by atoms with Gasteiger partial charge in [-0.25, -0.2) is 9.59 Å². The zero-order valence-corrected chi connectivity index (χ0v) is 20.1. The molecule has 0 unspecified atom stereocenters. The minimum absolute atomic E-state index is 0.0315. The van der Waals surface area contributed by atoms with Crippen LogP contribution in [0.5, 0.6) is 5.75 Å². The Morgan fingerprint density at radius 1 is 1.06 bits per heavy atom. The van der Waals surface area contributed by atoms with E-state index in [4.69, 9.17) is 14.2 Å². The number of carbonyl (C=O) groups excluding carboxylic acids is 1. The highest BCUT2D eigenvalue weighted by molar-refractivity contribution is 5.79. The molecule has 0 aliphatic rings. The van der Waals surface area contributed by atoms with E-state index in [0.29, 0.717) is 25.3 Å². The minimum atomic E-state index is -1.10. The first kappa shape index (κ1) is 25.7. The number of hydrogen-bond acceptors (Lipinski definition) is 8. The number of rotatable bonds is 12. The van der Waals surface area contributed by atoms with Crippen LogP contribution in [0.15, 0.2) is 64.2 Å². The average molecular weight is 483 g/mol. The molecule has 2 N–H and O–H groups in total. The molecule has 0 saturated carbocycles. The Morgan fingerprint density at radius 2 is 1.77 bits per heavy atom. The van der Waals surface area contributed by atoms with E-state index in [0.717, 1.165) is 15.8 Å². The molecule has 1 heterocycles. The van der Waals surface area contributed by atoms with Crippen molar-refractivity contribution in [3.63, 3.8) is 0 Å². The molecule has 0 atom stereocenters. The largest absolute Gasteiger partial charge is 0.476 e. The van der Waals surface area contributed by atoms with Crippen LogP contribution in [0.3, 0.4) is 0 Å². The second kappa shape index (κ2) is 12.0. The van der Waals surface area contributed by atoms with Gasteiger partial charge in [-0.05, 0) is 50.5 Å². The van der Waals surface area contributed by atoms with E-state index in [1.54, 1.807) is 32.9 Å². The SMILES string of the molecule is CCOC(=O)C(C)(C)Oc1ccc(CCNc2nn(COCc3ccccc3)c(=O)[nH]c2=O)cc1. The fourth-order valence-corrected chi connectivity index (χ4v) is 3.15. The Morgan fingerprint density at radius 3 is 2.46 bits per heavy atom. The van der Waals surface area contributed by atoms with E-state index in [1.807, 2.05) is 42.5 Å². The molecular formula is C25H30N4O6. The van der Waals surface area contributed by atoms with E-state index >= 15 is 0 Å². The van der Waals surface area contributed by atoms with E-state index in [9.17, 15) is 14.4 Å². The highest BCUT2D eigenvalue weighted by Gasteiger charge is 2.31. The Balaban J connectivity index is 1.53. The maximum atomic E-state index is 12.1. The van der Waals surface area contributed by atoms with Gasteiger partial charge in [0.25, 0.3) is 5.56 Å². The minimum Gasteiger partial charge on any atom is -0.476 e. The van der Waals surface area contributed by atoms with Crippen molar-refractivity contribution in [2.24, 2.45) is 0 Å². The Labute approximate surface area is 202 Å². The summed E-state index contributed by atoms with van der Waals surface area (Å²) in [5.41, 5.74) is -0.396. The number of ether oxygens (including phenoxy) is 3. The highest BCUT2D eigenvalue weighted by atomic mass is 16.6. The molecule has 0 amide bonds. The third-order valence-electron chi connectivity index (χ3n) is 4.99. The number of aromatic amines is 1. The molecule has 0 aliphatic heterocycles. The zero-order chi connectivity index (χ0) is 25.3. The molecule has 35 heavy (non-hydrogen) atoms. The number of hydrogen-bond donors (Lipinski definition) is 2. The van der Waals surface area contributed by atoms with Crippen molar-refractivity contribution in [2.75, 3.05) is 18.5 Å². The van der Waals surface area contributed by atoms with Gasteiger partial charge >= 0.3 is 11.7 Å². The lowest BCUT2D eigenvalue weighted by Gasteiger charge is -2.24. The van der Waals surface area contributed by atoms with Crippen molar-refractivity contribution in [2.45, 2.75) is 46.1 Å². The molecule has 10 heteroatoms. The fourth-order valence-electron chi connectivity index (χ4n) is 3.15. The van der Waals surface area contributed by atoms with Crippen LogP contribution in [-0.4, -0.2) is 39.5 Å². The summed E-state index contributed by atoms with van der Waals surface area (Å²) in [6.45, 7) is 5.96. The van der Waals surface area contributed by atoms with Crippen molar-refractivity contribution in [1.82, 2.24) is 14.8 Å². The van der Waals surface area contributed by atoms with E-state index < -0.39 is 22.8 Å². The molecule has 0 bridgehead atoms. The van der Waals surface area contributed by atoms with Crippen LogP contribution in [0.25, 0.3) is 0 Å². The molecule has 186 valence electrons. The highest BCUT2D eigenvalue weighted by Crippen LogP contribution is 2.20. The van der Waals surface area contributed by atoms with Gasteiger partial charge in [0, 0.05) is 6.54 Å². The number of H-pyrrole nitrogens is 1. The lowest BCUT2D eigenvalue weighted by molar-refractivity contribution is -0.158. The predicted molar refractivity (Wildman–Crippen MR) is 130 cm³/mol. The van der Waals surface area contributed by atoms with E-state index in [-0.39, 0.29) is 19.2 Å². The van der Waals surface area contributed by atoms with Gasteiger partial charge in [-0.1, -0.05) is 42.5 Å². The fraction of sp³-hybridized carbons (Fsp3) is 0.360. The normalized spacial score (nSPS) is 11.2. The standard InChI is InChI=1S/C25H30N4O6/c1-4-34-23(31)25(2,3)35-20-12-10-18(11-13-20)14-15-26-21-22(30)27-24(32)29(28-21)17-33-16-19-8-6-5-7-9-19/h5-13H,4,14-17H2,1-3H3,(H,26,28)(H,27,30,32). The average Bonchev–Trinajstić information content (AvgIpc) is 2.83. The van der Waals surface area contributed by atoms with Gasteiger partial charge in [-0.2, -0.15) is 4.68 Å². The first-order valence-electron chi connectivity index (χ1n) is 11.3. The predicted octanol–water partition coefficient (Wildman–Crippen LogP) is 2.48. The topological polar surface area (TPSA) is 125 Å². The number of anilines is 1. The lowest BCUT2D eigenvalue weighted by atomic mass is 10.1. The lowest BCUT2D eigenvalue weighted by Crippen LogP contribution is -2.39. The molecular weight excluding hydrogens is 452 g/mol. The summed E-state index contributed by atoms with van der Waals surface area (Å²) in [5, 5.41) is 7.04. The zero-order valence-electron chi connectivity index (χ0n) is 20.1. The van der Waals surface area contributed by atoms with Gasteiger partial charge in [-0.3, -0.25) is 9.78 Å². The first-order valence-corrected chi connectivity index (χ1v) is 11.3. The van der Waals surface area contributed by atoms with Gasteiger partial charge in [-0.15, -0.1) is 5.10 Å². The van der Waals surface area contributed by atoms with Crippen LogP contribution in [-0.2, 0) is 34.0 Å². The molecule has 0 radical (unpaired) electrons. The summed E-state index contributed by atoms with van der Waals surface area (Å²) in [6, 6.07) is 16.8. The quantitative estimate of drug-likeness (QED) is 0.377. The molecule has 0 spiro atoms. The van der Waals surface area contributed by atoms with Gasteiger partial charge in [0.15, 0.2) is 5.60 Å². The summed E-state index contributed by atoms with van der Waals surface area (Å²) in [7, 11) is 0. The number of carbonyl (C=O) groups is 1. The van der Waals surface area contributed by atoms with Crippen LogP contribution in [0.4, 0.5) is 5.82 Å². The van der Waals surface area contributed by atoms with E-state index in [1.165, 1.54) is 0 Å². The third-order valence-corrected chi connectivity index (χ3v) is 4.99. The van der Waals surface area contributed by atoms with Crippen molar-refractivity contribution in [3.05, 3.63) is 86.6 Å². The molecule has 0 aliphatic carbocycles. The molecule has 3 aromatic rings. The van der Waals surface area contributed by atoms with Crippen LogP contribution < -0.4 is 21.3 Å². The van der Waals surface area contributed by atoms with Crippen LogP contribution >= 0.6 is 0 Å². The number of aromatic nitrogens is 3. The molecule has 1 aromatic heterocycles. The second-order valence-electron chi connectivity index (χ2n) is 8.22. The van der Waals surface area contributed by atoms with Gasteiger partial charge in [0.2, 0.25) is 5.82 Å². The molecule has 2 aromatic carbocycles. The molecule has 3 rings (SSSR count). The molecule has 10 nitrogen and oxygen atoms in total. The van der Waals surface area contributed by atoms with Crippen LogP contribution in [0, 0.1) is 0 Å². The first-order chi connectivity index (χ1) is 16.8. The Hall–Kier alpha value is -3.92. The molecule has 0 saturated heterocycles. The van der Waals surface area contributed by atoms with Crippen molar-refractivity contribution >= 4 is 11.8 Å². The summed E-state index contributed by atoms with van der Waals surface area (Å²) in [5.74, 6) is 0.141. The Kier molecular flexibility index (Phi) is 8.80. The van der Waals surface area contributed by atoms with Crippen LogP contribution in [0.1, 0.15) is 31.9 Å². The maximum absolute atomic E-state index is 12.1. The Bertz CT molecular complexity index is 1220. The van der Waals surface area contributed by atoms with Gasteiger partial charge < -0.3 is 19.5 Å². The monoisotopic (exact) mass is 482 g/mol. The smallest absolute Gasteiger partial charge is 0.349 e. The summed E-state index contributed by atoms with van der Waals surface area (Å²) in [4.78, 5) is 38.4. The number of nitrogens with one attached hydrogen (secondary N) is 2. The maximum Gasteiger partial charge on any atom is 0.349 e. The van der Waals surface area contributed by atoms with E-state index in [2.05, 4.69) is 15.4 Å². The van der Waals surface area contributed by atoms with Crippen molar-refractivity contribution in [3.8, 4) is 5.75 Å². The summed E-state index contributed by atoms with van der Waals surface area (Å²) < 4.78 is 17.4. The van der Waals surface area contributed by atoms with Crippen LogP contribution in [0.2, 0.25) is 0 Å².